The molecule has 0 N–H and O–H groups in total. The van der Waals surface area contributed by atoms with Crippen molar-refractivity contribution in [2.75, 3.05) is 106 Å². The van der Waals surface area contributed by atoms with Crippen molar-refractivity contribution in [2.45, 2.75) is 97.3 Å². The molecule has 48 heavy (non-hydrogen) atoms. The summed E-state index contributed by atoms with van der Waals surface area (Å²) in [6, 6.07) is 8.45. The minimum atomic E-state index is -0.148. The van der Waals surface area contributed by atoms with E-state index in [9.17, 15) is 4.79 Å². The number of esters is 1. The number of carbonyl (C=O) groups is 1. The molecule has 0 aliphatic rings. The highest BCUT2D eigenvalue weighted by atomic mass is 16.6. The fourth-order valence-electron chi connectivity index (χ4n) is 4.66. The van der Waals surface area contributed by atoms with Crippen LogP contribution in [0.4, 0.5) is 0 Å². The van der Waals surface area contributed by atoms with E-state index in [2.05, 4.69) is 38.1 Å². The maximum atomic E-state index is 11.6. The van der Waals surface area contributed by atoms with Crippen molar-refractivity contribution >= 4 is 5.97 Å². The zero-order chi connectivity index (χ0) is 34.4. The van der Waals surface area contributed by atoms with Gasteiger partial charge in [0, 0.05) is 6.42 Å². The lowest BCUT2D eigenvalue weighted by molar-refractivity contribution is -0.145. The number of ether oxygens (including phenoxy) is 9. The zero-order valence-corrected chi connectivity index (χ0v) is 30.4. The Bertz CT molecular complexity index is 792. The van der Waals surface area contributed by atoms with Gasteiger partial charge in [0.1, 0.15) is 19.0 Å². The van der Waals surface area contributed by atoms with Gasteiger partial charge in [0.15, 0.2) is 0 Å². The monoisotopic (exact) mass is 684 g/mol. The fraction of sp³-hybridized carbons (Fsp3) is 0.816. The molecule has 10 nitrogen and oxygen atoms in total. The van der Waals surface area contributed by atoms with E-state index in [1.165, 1.54) is 50.5 Å². The SMILES string of the molecule is CCCCCCCCCc1ccc(OCCOCCOCCOCCOCCOCCOCCOCCOC(=O)CCCCCC)cc1. The van der Waals surface area contributed by atoms with E-state index >= 15 is 0 Å². The summed E-state index contributed by atoms with van der Waals surface area (Å²) in [5.41, 5.74) is 1.38. The minimum absolute atomic E-state index is 0.148. The molecule has 10 heteroatoms. The van der Waals surface area contributed by atoms with Crippen LogP contribution in [0.25, 0.3) is 0 Å². The molecule has 1 aromatic rings. The Labute approximate surface area is 291 Å². The lowest BCUT2D eigenvalue weighted by Crippen LogP contribution is -2.15. The Morgan fingerprint density at radius 2 is 0.812 bits per heavy atom. The summed E-state index contributed by atoms with van der Waals surface area (Å²) in [6.45, 7) is 12.2. The van der Waals surface area contributed by atoms with Crippen molar-refractivity contribution in [1.29, 1.82) is 0 Å². The van der Waals surface area contributed by atoms with Crippen LogP contribution in [0.2, 0.25) is 0 Å². The van der Waals surface area contributed by atoms with Crippen molar-refractivity contribution in [3.63, 3.8) is 0 Å². The standard InChI is InChI=1S/C38H68O10/c1-3-5-7-9-10-11-12-14-36-16-18-37(19-17-36)47-34-32-45-30-28-43-26-24-41-22-20-40-21-23-42-25-27-44-29-31-46-33-35-48-38(39)15-13-8-6-4-2/h16-19H,3-15,20-35H2,1-2H3. The van der Waals surface area contributed by atoms with Gasteiger partial charge in [-0.25, -0.2) is 0 Å². The highest BCUT2D eigenvalue weighted by Crippen LogP contribution is 2.15. The van der Waals surface area contributed by atoms with E-state index in [-0.39, 0.29) is 12.6 Å². The summed E-state index contributed by atoms with van der Waals surface area (Å²) < 4.78 is 49.4. The Morgan fingerprint density at radius 3 is 1.27 bits per heavy atom. The van der Waals surface area contributed by atoms with E-state index in [0.29, 0.717) is 106 Å². The van der Waals surface area contributed by atoms with Crippen molar-refractivity contribution in [2.24, 2.45) is 0 Å². The average Bonchev–Trinajstić information content (AvgIpc) is 3.10. The molecular weight excluding hydrogens is 616 g/mol. The smallest absolute Gasteiger partial charge is 0.305 e. The Balaban J connectivity index is 1.72. The molecule has 0 aliphatic carbocycles. The number of aryl methyl sites for hydroxylation is 1. The first kappa shape index (κ1) is 44.2. The fourth-order valence-corrected chi connectivity index (χ4v) is 4.66. The first-order chi connectivity index (χ1) is 23.8. The predicted molar refractivity (Wildman–Crippen MR) is 189 cm³/mol. The van der Waals surface area contributed by atoms with Crippen LogP contribution in [-0.4, -0.2) is 112 Å². The Hall–Kier alpha value is -1.79. The van der Waals surface area contributed by atoms with Gasteiger partial charge in [-0.2, -0.15) is 0 Å². The van der Waals surface area contributed by atoms with E-state index in [1.54, 1.807) is 0 Å². The van der Waals surface area contributed by atoms with Crippen LogP contribution in [0, 0.1) is 0 Å². The van der Waals surface area contributed by atoms with E-state index in [1.807, 2.05) is 0 Å². The van der Waals surface area contributed by atoms with Gasteiger partial charge < -0.3 is 42.6 Å². The molecule has 0 spiro atoms. The van der Waals surface area contributed by atoms with Gasteiger partial charge in [-0.05, 0) is 37.0 Å². The lowest BCUT2D eigenvalue weighted by Gasteiger charge is -2.09. The molecule has 0 aliphatic heterocycles. The number of unbranched alkanes of at least 4 members (excludes halogenated alkanes) is 9. The molecule has 0 saturated heterocycles. The highest BCUT2D eigenvalue weighted by Gasteiger charge is 2.02. The molecular formula is C38H68O10. The van der Waals surface area contributed by atoms with Gasteiger partial charge >= 0.3 is 5.97 Å². The van der Waals surface area contributed by atoms with Crippen LogP contribution in [-0.2, 0) is 49.1 Å². The van der Waals surface area contributed by atoms with Crippen LogP contribution >= 0.6 is 0 Å². The Morgan fingerprint density at radius 1 is 0.438 bits per heavy atom. The molecule has 0 radical (unpaired) electrons. The number of rotatable bonds is 38. The first-order valence-electron chi connectivity index (χ1n) is 18.7. The molecule has 1 rings (SSSR count). The van der Waals surface area contributed by atoms with Gasteiger partial charge in [0.05, 0.1) is 92.5 Å². The highest BCUT2D eigenvalue weighted by molar-refractivity contribution is 5.69. The lowest BCUT2D eigenvalue weighted by atomic mass is 10.0. The molecule has 1 aromatic carbocycles. The minimum Gasteiger partial charge on any atom is -0.491 e. The summed E-state index contributed by atoms with van der Waals surface area (Å²) in [5.74, 6) is 0.738. The topological polar surface area (TPSA) is 100 Å². The molecule has 0 saturated carbocycles. The molecule has 0 aromatic heterocycles. The van der Waals surface area contributed by atoms with Crippen molar-refractivity contribution < 1.29 is 47.4 Å². The van der Waals surface area contributed by atoms with E-state index in [4.69, 9.17) is 42.6 Å². The van der Waals surface area contributed by atoms with Crippen LogP contribution in [0.3, 0.4) is 0 Å². The van der Waals surface area contributed by atoms with Crippen LogP contribution in [0.5, 0.6) is 5.75 Å². The van der Waals surface area contributed by atoms with Gasteiger partial charge in [0.25, 0.3) is 0 Å². The van der Waals surface area contributed by atoms with Gasteiger partial charge in [-0.1, -0.05) is 83.8 Å². The Kier molecular flexibility index (Phi) is 33.6. The van der Waals surface area contributed by atoms with E-state index in [0.717, 1.165) is 37.9 Å². The second-order valence-corrected chi connectivity index (χ2v) is 11.7. The molecule has 0 atom stereocenters. The first-order valence-corrected chi connectivity index (χ1v) is 18.7. The second-order valence-electron chi connectivity index (χ2n) is 11.7. The maximum absolute atomic E-state index is 11.6. The van der Waals surface area contributed by atoms with Gasteiger partial charge in [-0.15, -0.1) is 0 Å². The largest absolute Gasteiger partial charge is 0.491 e. The molecule has 0 bridgehead atoms. The normalized spacial score (nSPS) is 11.3. The molecule has 280 valence electrons. The van der Waals surface area contributed by atoms with Crippen LogP contribution in [0.1, 0.15) is 96.5 Å². The van der Waals surface area contributed by atoms with Crippen molar-refractivity contribution in [3.8, 4) is 5.75 Å². The van der Waals surface area contributed by atoms with Crippen LogP contribution in [0.15, 0.2) is 24.3 Å². The second kappa shape index (κ2) is 36.5. The molecule has 0 amide bonds. The summed E-state index contributed by atoms with van der Waals surface area (Å²) in [5, 5.41) is 0. The number of carbonyl (C=O) groups excluding carboxylic acids is 1. The number of hydrogen-bond acceptors (Lipinski definition) is 10. The van der Waals surface area contributed by atoms with Crippen molar-refractivity contribution in [1.82, 2.24) is 0 Å². The maximum Gasteiger partial charge on any atom is 0.305 e. The number of hydrogen-bond donors (Lipinski definition) is 0. The summed E-state index contributed by atoms with van der Waals surface area (Å²) in [7, 11) is 0. The average molecular weight is 685 g/mol. The third kappa shape index (κ3) is 31.5. The van der Waals surface area contributed by atoms with Crippen LogP contribution < -0.4 is 4.74 Å². The summed E-state index contributed by atoms with van der Waals surface area (Å²) in [6.07, 6.45) is 15.3. The molecule has 0 fully saturated rings. The molecule has 0 unspecified atom stereocenters. The van der Waals surface area contributed by atoms with E-state index < -0.39 is 0 Å². The zero-order valence-electron chi connectivity index (χ0n) is 30.4. The third-order valence-electron chi connectivity index (χ3n) is 7.45. The molecule has 0 heterocycles. The van der Waals surface area contributed by atoms with Gasteiger partial charge in [-0.3, -0.25) is 4.79 Å². The summed E-state index contributed by atoms with van der Waals surface area (Å²) in [4.78, 5) is 11.6. The quantitative estimate of drug-likeness (QED) is 0.0535. The van der Waals surface area contributed by atoms with Gasteiger partial charge in [0.2, 0.25) is 0 Å². The summed E-state index contributed by atoms with van der Waals surface area (Å²) >= 11 is 0. The predicted octanol–water partition coefficient (Wildman–Crippen LogP) is 6.99. The van der Waals surface area contributed by atoms with Crippen molar-refractivity contribution in [3.05, 3.63) is 29.8 Å². The third-order valence-corrected chi connectivity index (χ3v) is 7.45. The number of benzene rings is 1.